The Balaban J connectivity index is 1.25. The zero-order valence-electron chi connectivity index (χ0n) is 18.3. The summed E-state index contributed by atoms with van der Waals surface area (Å²) in [4.78, 5) is 18.7. The Morgan fingerprint density at radius 3 is 2.64 bits per heavy atom. The molecule has 1 atom stereocenters. The molecule has 3 aromatic heterocycles. The largest absolute Gasteiger partial charge is 0.378 e. The molecule has 0 spiro atoms. The third-order valence-corrected chi connectivity index (χ3v) is 6.29. The first-order valence-corrected chi connectivity index (χ1v) is 11.4. The number of ether oxygens (including phenoxy) is 1. The molecule has 1 aromatic carbocycles. The number of fused-ring (bicyclic) bond motifs is 1. The lowest BCUT2D eigenvalue weighted by Crippen LogP contribution is -2.36. The highest BCUT2D eigenvalue weighted by Crippen LogP contribution is 2.35. The quantitative estimate of drug-likeness (QED) is 0.503. The van der Waals surface area contributed by atoms with E-state index in [2.05, 4.69) is 60.5 Å². The smallest absolute Gasteiger partial charge is 0.247 e. The fourth-order valence-electron chi connectivity index (χ4n) is 4.67. The predicted molar refractivity (Wildman–Crippen MR) is 127 cm³/mol. The highest BCUT2D eigenvalue weighted by Gasteiger charge is 2.30. The first kappa shape index (κ1) is 19.9. The van der Waals surface area contributed by atoms with E-state index >= 15 is 0 Å². The van der Waals surface area contributed by atoms with Crippen molar-refractivity contribution in [1.82, 2.24) is 24.6 Å². The van der Waals surface area contributed by atoms with Gasteiger partial charge in [0, 0.05) is 49.6 Å². The molecule has 2 aliphatic rings. The molecule has 2 aliphatic heterocycles. The second kappa shape index (κ2) is 8.67. The first-order chi connectivity index (χ1) is 16.3. The Hall–Kier alpha value is -3.72. The van der Waals surface area contributed by atoms with E-state index in [1.165, 1.54) is 5.69 Å². The average molecular weight is 443 g/mol. The molecule has 0 aliphatic carbocycles. The zero-order valence-corrected chi connectivity index (χ0v) is 18.3. The van der Waals surface area contributed by atoms with Gasteiger partial charge in [0.2, 0.25) is 5.95 Å². The van der Waals surface area contributed by atoms with Gasteiger partial charge in [0.05, 0.1) is 24.9 Å². The van der Waals surface area contributed by atoms with E-state index in [1.807, 2.05) is 24.5 Å². The van der Waals surface area contributed by atoms with Crippen LogP contribution in [0.15, 0.2) is 61.1 Å². The number of benzene rings is 1. The standard InChI is InChI=1S/C24H26N8O/c1-2-10-25-20(4-1)21-5-3-12-31(21)22-23-28-24(29-32(23)13-11-26-22)27-18-6-8-19(9-7-18)30-14-16-33-17-15-30/h1-2,4,6-11,13,21H,3,5,12,14-17H2,(H,27,29). The lowest BCUT2D eigenvalue weighted by atomic mass is 10.1. The summed E-state index contributed by atoms with van der Waals surface area (Å²) >= 11 is 0. The highest BCUT2D eigenvalue weighted by atomic mass is 16.5. The molecule has 9 heteroatoms. The van der Waals surface area contributed by atoms with E-state index in [0.717, 1.165) is 68.5 Å². The van der Waals surface area contributed by atoms with E-state index in [1.54, 1.807) is 10.7 Å². The van der Waals surface area contributed by atoms with Gasteiger partial charge in [-0.2, -0.15) is 4.98 Å². The fraction of sp³-hybridized carbons (Fsp3) is 0.333. The summed E-state index contributed by atoms with van der Waals surface area (Å²) in [5.41, 5.74) is 3.96. The topological polar surface area (TPSA) is 83.7 Å². The van der Waals surface area contributed by atoms with E-state index in [9.17, 15) is 0 Å². The maximum absolute atomic E-state index is 5.45. The van der Waals surface area contributed by atoms with Gasteiger partial charge in [0.25, 0.3) is 0 Å². The van der Waals surface area contributed by atoms with Crippen molar-refractivity contribution in [3.8, 4) is 0 Å². The van der Waals surface area contributed by atoms with E-state index in [-0.39, 0.29) is 6.04 Å². The van der Waals surface area contributed by atoms with Crippen LogP contribution in [0.3, 0.4) is 0 Å². The molecular weight excluding hydrogens is 416 g/mol. The summed E-state index contributed by atoms with van der Waals surface area (Å²) in [5.74, 6) is 1.39. The van der Waals surface area contributed by atoms with Crippen LogP contribution in [0.1, 0.15) is 24.6 Å². The number of anilines is 4. The number of pyridine rings is 1. The van der Waals surface area contributed by atoms with E-state index < -0.39 is 0 Å². The average Bonchev–Trinajstić information content (AvgIpc) is 3.52. The van der Waals surface area contributed by atoms with Crippen molar-refractivity contribution in [3.05, 3.63) is 66.7 Å². The van der Waals surface area contributed by atoms with Crippen molar-refractivity contribution in [2.24, 2.45) is 0 Å². The minimum atomic E-state index is 0.200. The Kier molecular flexibility index (Phi) is 5.23. The Morgan fingerprint density at radius 1 is 0.939 bits per heavy atom. The number of nitrogens with zero attached hydrogens (tertiary/aromatic N) is 7. The summed E-state index contributed by atoms with van der Waals surface area (Å²) in [5, 5.41) is 7.97. The van der Waals surface area contributed by atoms with Gasteiger partial charge in [-0.15, -0.1) is 5.10 Å². The highest BCUT2D eigenvalue weighted by molar-refractivity contribution is 5.68. The number of rotatable bonds is 5. The van der Waals surface area contributed by atoms with Crippen molar-refractivity contribution in [2.45, 2.75) is 18.9 Å². The maximum Gasteiger partial charge on any atom is 0.247 e. The molecule has 4 aromatic rings. The van der Waals surface area contributed by atoms with Crippen LogP contribution in [0.4, 0.5) is 23.1 Å². The van der Waals surface area contributed by atoms with Gasteiger partial charge in [-0.1, -0.05) is 6.07 Å². The summed E-state index contributed by atoms with van der Waals surface area (Å²) in [6.45, 7) is 4.32. The zero-order chi connectivity index (χ0) is 22.0. The lowest BCUT2D eigenvalue weighted by molar-refractivity contribution is 0.122. The molecule has 0 radical (unpaired) electrons. The monoisotopic (exact) mass is 442 g/mol. The van der Waals surface area contributed by atoms with Crippen LogP contribution in [0.2, 0.25) is 0 Å². The van der Waals surface area contributed by atoms with Crippen molar-refractivity contribution in [1.29, 1.82) is 0 Å². The van der Waals surface area contributed by atoms with Gasteiger partial charge >= 0.3 is 0 Å². The van der Waals surface area contributed by atoms with Crippen molar-refractivity contribution < 1.29 is 4.74 Å². The molecule has 1 unspecified atom stereocenters. The summed E-state index contributed by atoms with van der Waals surface area (Å²) < 4.78 is 7.24. The Labute approximate surface area is 192 Å². The number of morpholine rings is 1. The van der Waals surface area contributed by atoms with Crippen molar-refractivity contribution in [2.75, 3.05) is 48.0 Å². The SMILES string of the molecule is c1ccc(C2CCCN2c2nccn3nc(Nc4ccc(N5CCOCC5)cc4)nc23)nc1. The molecule has 9 nitrogen and oxygen atoms in total. The van der Waals surface area contributed by atoms with Crippen molar-refractivity contribution >= 4 is 28.8 Å². The molecule has 1 N–H and O–H groups in total. The van der Waals surface area contributed by atoms with Gasteiger partial charge in [-0.3, -0.25) is 4.98 Å². The molecule has 0 amide bonds. The van der Waals surface area contributed by atoms with Gasteiger partial charge in [0.1, 0.15) is 0 Å². The van der Waals surface area contributed by atoms with E-state index in [0.29, 0.717) is 5.95 Å². The van der Waals surface area contributed by atoms with Crippen LogP contribution in [0, 0.1) is 0 Å². The molecule has 6 rings (SSSR count). The molecule has 0 bridgehead atoms. The lowest BCUT2D eigenvalue weighted by Gasteiger charge is -2.28. The van der Waals surface area contributed by atoms with Crippen LogP contribution in [-0.2, 0) is 4.74 Å². The van der Waals surface area contributed by atoms with Gasteiger partial charge in [-0.05, 0) is 49.2 Å². The van der Waals surface area contributed by atoms with Crippen LogP contribution in [0.25, 0.3) is 5.65 Å². The number of aromatic nitrogens is 5. The molecule has 0 saturated carbocycles. The van der Waals surface area contributed by atoms with E-state index in [4.69, 9.17) is 9.72 Å². The van der Waals surface area contributed by atoms with Crippen LogP contribution < -0.4 is 15.1 Å². The molecule has 33 heavy (non-hydrogen) atoms. The van der Waals surface area contributed by atoms with Crippen LogP contribution >= 0.6 is 0 Å². The number of hydrogen-bond acceptors (Lipinski definition) is 8. The van der Waals surface area contributed by atoms with Gasteiger partial charge in [0.15, 0.2) is 11.5 Å². The predicted octanol–water partition coefficient (Wildman–Crippen LogP) is 3.44. The third kappa shape index (κ3) is 3.95. The minimum Gasteiger partial charge on any atom is -0.378 e. The second-order valence-corrected chi connectivity index (χ2v) is 8.33. The minimum absolute atomic E-state index is 0.200. The fourth-order valence-corrected chi connectivity index (χ4v) is 4.67. The van der Waals surface area contributed by atoms with Crippen LogP contribution in [0.5, 0.6) is 0 Å². The first-order valence-electron chi connectivity index (χ1n) is 11.4. The Bertz CT molecular complexity index is 1220. The molecular formula is C24H26N8O. The Morgan fingerprint density at radius 2 is 1.82 bits per heavy atom. The molecule has 5 heterocycles. The molecule has 2 saturated heterocycles. The normalized spacial score (nSPS) is 18.7. The van der Waals surface area contributed by atoms with Gasteiger partial charge in [-0.25, -0.2) is 9.50 Å². The number of nitrogens with one attached hydrogen (secondary N) is 1. The second-order valence-electron chi connectivity index (χ2n) is 8.33. The molecule has 2 fully saturated rings. The maximum atomic E-state index is 5.45. The number of hydrogen-bond donors (Lipinski definition) is 1. The third-order valence-electron chi connectivity index (χ3n) is 6.29. The summed E-state index contributed by atoms with van der Waals surface area (Å²) in [7, 11) is 0. The summed E-state index contributed by atoms with van der Waals surface area (Å²) in [6, 6.07) is 14.6. The van der Waals surface area contributed by atoms with Gasteiger partial charge < -0.3 is 19.9 Å². The van der Waals surface area contributed by atoms with Crippen LogP contribution in [-0.4, -0.2) is 57.4 Å². The summed E-state index contributed by atoms with van der Waals surface area (Å²) in [6.07, 6.45) is 7.62. The van der Waals surface area contributed by atoms with Crippen molar-refractivity contribution in [3.63, 3.8) is 0 Å². The molecule has 168 valence electrons.